The number of carbonyl (C=O) groups excluding carboxylic acids is 1. The van der Waals surface area contributed by atoms with Crippen LogP contribution < -0.4 is 0 Å². The first-order chi connectivity index (χ1) is 9.32. The summed E-state index contributed by atoms with van der Waals surface area (Å²) in [7, 11) is 3.62. The maximum Gasteiger partial charge on any atom is 0.250 e. The van der Waals surface area contributed by atoms with Crippen LogP contribution in [-0.4, -0.2) is 37.4 Å². The van der Waals surface area contributed by atoms with E-state index in [0.717, 1.165) is 5.69 Å². The smallest absolute Gasteiger partial charge is 0.250 e. The van der Waals surface area contributed by atoms with Crippen molar-refractivity contribution in [2.45, 2.75) is 25.9 Å². The van der Waals surface area contributed by atoms with Crippen molar-refractivity contribution in [3.63, 3.8) is 0 Å². The van der Waals surface area contributed by atoms with Gasteiger partial charge < -0.3 is 4.90 Å². The van der Waals surface area contributed by atoms with Crippen molar-refractivity contribution < 1.29 is 4.79 Å². The van der Waals surface area contributed by atoms with E-state index in [2.05, 4.69) is 10.2 Å². The van der Waals surface area contributed by atoms with E-state index in [-0.39, 0.29) is 5.91 Å². The molecule has 0 bridgehead atoms. The summed E-state index contributed by atoms with van der Waals surface area (Å²) in [4.78, 5) is 14.3. The van der Waals surface area contributed by atoms with Gasteiger partial charge in [0.05, 0.1) is 23.5 Å². The molecule has 1 amide bonds. The van der Waals surface area contributed by atoms with E-state index in [1.807, 2.05) is 27.0 Å². The Balaban J connectivity index is 2.15. The molecular formula is C13H18ClN5O. The molecule has 0 atom stereocenters. The van der Waals surface area contributed by atoms with Crippen molar-refractivity contribution in [3.05, 3.63) is 35.4 Å². The summed E-state index contributed by atoms with van der Waals surface area (Å²) >= 11 is 5.87. The van der Waals surface area contributed by atoms with Crippen molar-refractivity contribution in [1.82, 2.24) is 24.5 Å². The fraction of sp³-hybridized carbons (Fsp3) is 0.462. The van der Waals surface area contributed by atoms with Crippen LogP contribution in [0.25, 0.3) is 0 Å². The van der Waals surface area contributed by atoms with Crippen LogP contribution in [0.2, 0.25) is 5.02 Å². The van der Waals surface area contributed by atoms with E-state index in [9.17, 15) is 4.79 Å². The van der Waals surface area contributed by atoms with Gasteiger partial charge in [0, 0.05) is 26.5 Å². The van der Waals surface area contributed by atoms with Crippen molar-refractivity contribution in [2.75, 3.05) is 7.05 Å². The van der Waals surface area contributed by atoms with Gasteiger partial charge in [-0.1, -0.05) is 11.6 Å². The summed E-state index contributed by atoms with van der Waals surface area (Å²) in [5, 5.41) is 8.74. The molecule has 2 heterocycles. The molecule has 0 fully saturated rings. The number of hydrogen-bond donors (Lipinski definition) is 0. The third-order valence-corrected chi connectivity index (χ3v) is 3.51. The molecule has 6 nitrogen and oxygen atoms in total. The van der Waals surface area contributed by atoms with Gasteiger partial charge in [-0.25, -0.2) is 0 Å². The predicted octanol–water partition coefficient (Wildman–Crippen LogP) is 1.66. The SMILES string of the molecule is CN(Cc1ccnn1C)C(=O)C(C)(C)n1cc(Cl)cn1. The lowest BCUT2D eigenvalue weighted by molar-refractivity contribution is -0.139. The first-order valence-corrected chi connectivity index (χ1v) is 6.63. The quantitative estimate of drug-likeness (QED) is 0.862. The number of aromatic nitrogens is 4. The number of nitrogens with zero attached hydrogens (tertiary/aromatic N) is 5. The van der Waals surface area contributed by atoms with Crippen molar-refractivity contribution >= 4 is 17.5 Å². The number of rotatable bonds is 4. The van der Waals surface area contributed by atoms with Crippen molar-refractivity contribution in [3.8, 4) is 0 Å². The maximum absolute atomic E-state index is 12.6. The highest BCUT2D eigenvalue weighted by Gasteiger charge is 2.33. The van der Waals surface area contributed by atoms with Crippen LogP contribution in [0.15, 0.2) is 24.7 Å². The molecule has 0 N–H and O–H groups in total. The standard InChI is InChI=1S/C13H18ClN5O/c1-13(2,19-8-10(14)7-16-19)12(20)17(3)9-11-5-6-15-18(11)4/h5-8H,9H2,1-4H3. The summed E-state index contributed by atoms with van der Waals surface area (Å²) in [6, 6.07) is 1.89. The zero-order valence-electron chi connectivity index (χ0n) is 12.0. The van der Waals surface area contributed by atoms with Crippen LogP contribution in [0.4, 0.5) is 0 Å². The van der Waals surface area contributed by atoms with Crippen LogP contribution >= 0.6 is 11.6 Å². The Kier molecular flexibility index (Phi) is 3.85. The Morgan fingerprint density at radius 1 is 1.45 bits per heavy atom. The molecule has 0 spiro atoms. The molecule has 0 aliphatic rings. The van der Waals surface area contributed by atoms with Crippen LogP contribution in [0.3, 0.4) is 0 Å². The molecule has 20 heavy (non-hydrogen) atoms. The maximum atomic E-state index is 12.6. The van der Waals surface area contributed by atoms with Crippen LogP contribution in [0.5, 0.6) is 0 Å². The number of aryl methyl sites for hydroxylation is 1. The molecule has 0 aliphatic heterocycles. The van der Waals surface area contributed by atoms with Gasteiger partial charge in [-0.2, -0.15) is 10.2 Å². The van der Waals surface area contributed by atoms with E-state index in [1.54, 1.807) is 33.7 Å². The van der Waals surface area contributed by atoms with E-state index < -0.39 is 5.54 Å². The molecule has 0 aliphatic carbocycles. The highest BCUT2D eigenvalue weighted by atomic mass is 35.5. The fourth-order valence-corrected chi connectivity index (χ4v) is 2.18. The largest absolute Gasteiger partial charge is 0.338 e. The summed E-state index contributed by atoms with van der Waals surface area (Å²) < 4.78 is 3.33. The van der Waals surface area contributed by atoms with Gasteiger partial charge in [-0.15, -0.1) is 0 Å². The first kappa shape index (κ1) is 14.6. The van der Waals surface area contributed by atoms with Gasteiger partial charge in [0.25, 0.3) is 0 Å². The predicted molar refractivity (Wildman–Crippen MR) is 76.2 cm³/mol. The van der Waals surface area contributed by atoms with E-state index in [4.69, 9.17) is 11.6 Å². The Bertz CT molecular complexity index is 616. The van der Waals surface area contributed by atoms with Crippen LogP contribution in [-0.2, 0) is 23.9 Å². The van der Waals surface area contributed by atoms with Gasteiger partial charge in [0.2, 0.25) is 5.91 Å². The Morgan fingerprint density at radius 2 is 2.15 bits per heavy atom. The van der Waals surface area contributed by atoms with Crippen LogP contribution in [0, 0.1) is 0 Å². The minimum atomic E-state index is -0.791. The van der Waals surface area contributed by atoms with Crippen molar-refractivity contribution in [2.24, 2.45) is 7.05 Å². The second kappa shape index (κ2) is 5.28. The lowest BCUT2D eigenvalue weighted by Crippen LogP contribution is -2.45. The summed E-state index contributed by atoms with van der Waals surface area (Å²) in [5.74, 6) is -0.0431. The summed E-state index contributed by atoms with van der Waals surface area (Å²) in [6.07, 6.45) is 4.89. The highest BCUT2D eigenvalue weighted by Crippen LogP contribution is 2.20. The van der Waals surface area contributed by atoms with Gasteiger partial charge in [-0.05, 0) is 19.9 Å². The third-order valence-electron chi connectivity index (χ3n) is 3.32. The summed E-state index contributed by atoms with van der Waals surface area (Å²) in [5.41, 5.74) is 0.177. The van der Waals surface area contributed by atoms with E-state index in [1.165, 1.54) is 6.20 Å². The minimum absolute atomic E-state index is 0.0431. The number of amides is 1. The molecule has 2 aromatic heterocycles. The number of carbonyl (C=O) groups is 1. The third kappa shape index (κ3) is 2.70. The highest BCUT2D eigenvalue weighted by molar-refractivity contribution is 6.30. The molecule has 2 rings (SSSR count). The molecule has 108 valence electrons. The normalized spacial score (nSPS) is 11.7. The van der Waals surface area contributed by atoms with Crippen molar-refractivity contribution in [1.29, 1.82) is 0 Å². The Hall–Kier alpha value is -1.82. The average molecular weight is 296 g/mol. The van der Waals surface area contributed by atoms with Crippen LogP contribution in [0.1, 0.15) is 19.5 Å². The molecule has 0 saturated carbocycles. The first-order valence-electron chi connectivity index (χ1n) is 6.25. The Morgan fingerprint density at radius 3 is 2.65 bits per heavy atom. The second-order valence-corrected chi connectivity index (χ2v) is 5.71. The number of halogens is 1. The number of hydrogen-bond acceptors (Lipinski definition) is 3. The number of likely N-dealkylation sites (N-methyl/N-ethyl adjacent to an activating group) is 1. The molecule has 0 radical (unpaired) electrons. The lowest BCUT2D eigenvalue weighted by Gasteiger charge is -2.29. The van der Waals surface area contributed by atoms with Gasteiger partial charge in [-0.3, -0.25) is 14.2 Å². The average Bonchev–Trinajstić information content (AvgIpc) is 2.98. The molecule has 7 heteroatoms. The molecule has 0 unspecified atom stereocenters. The molecule has 0 saturated heterocycles. The van der Waals surface area contributed by atoms with Gasteiger partial charge in [0.15, 0.2) is 0 Å². The topological polar surface area (TPSA) is 56.0 Å². The Labute approximate surface area is 122 Å². The molecule has 2 aromatic rings. The zero-order chi connectivity index (χ0) is 14.9. The fourth-order valence-electron chi connectivity index (χ4n) is 2.04. The molecular weight excluding hydrogens is 278 g/mol. The van der Waals surface area contributed by atoms with Gasteiger partial charge in [0.1, 0.15) is 5.54 Å². The summed E-state index contributed by atoms with van der Waals surface area (Å²) in [6.45, 7) is 4.13. The lowest BCUT2D eigenvalue weighted by atomic mass is 10.0. The van der Waals surface area contributed by atoms with Gasteiger partial charge >= 0.3 is 0 Å². The monoisotopic (exact) mass is 295 g/mol. The van der Waals surface area contributed by atoms with E-state index >= 15 is 0 Å². The molecule has 0 aromatic carbocycles. The van der Waals surface area contributed by atoms with E-state index in [0.29, 0.717) is 11.6 Å². The minimum Gasteiger partial charge on any atom is -0.338 e. The zero-order valence-corrected chi connectivity index (χ0v) is 12.8. The second-order valence-electron chi connectivity index (χ2n) is 5.27.